The highest BCUT2D eigenvalue weighted by Crippen LogP contribution is 2.32. The normalized spacial score (nSPS) is 28.9. The Bertz CT molecular complexity index is 879. The van der Waals surface area contributed by atoms with Crippen molar-refractivity contribution >= 4 is 23.4 Å². The summed E-state index contributed by atoms with van der Waals surface area (Å²) in [4.78, 5) is 45.4. The van der Waals surface area contributed by atoms with Gasteiger partial charge in [-0.2, -0.15) is 0 Å². The third-order valence-electron chi connectivity index (χ3n) is 7.91. The zero-order valence-corrected chi connectivity index (χ0v) is 19.5. The second-order valence-corrected chi connectivity index (χ2v) is 10.2. The number of anilines is 1. The lowest BCUT2D eigenvalue weighted by Crippen LogP contribution is -2.59. The van der Waals surface area contributed by atoms with Crippen molar-refractivity contribution in [3.05, 3.63) is 30.3 Å². The smallest absolute Gasteiger partial charge is 0.247 e. The molecule has 1 saturated carbocycles. The van der Waals surface area contributed by atoms with E-state index in [0.29, 0.717) is 51.6 Å². The van der Waals surface area contributed by atoms with E-state index in [0.717, 1.165) is 5.69 Å². The van der Waals surface area contributed by atoms with Crippen molar-refractivity contribution in [2.75, 3.05) is 51.3 Å². The van der Waals surface area contributed by atoms with Crippen LogP contribution in [0.15, 0.2) is 30.3 Å². The van der Waals surface area contributed by atoms with Crippen molar-refractivity contribution in [3.8, 4) is 0 Å². The van der Waals surface area contributed by atoms with Gasteiger partial charge in [-0.3, -0.25) is 14.4 Å². The number of fused-ring (bicyclic) bond motifs is 1. The number of benzene rings is 1. The fraction of sp³-hybridized carbons (Fsp3) is 0.640. The van der Waals surface area contributed by atoms with Crippen LogP contribution in [-0.2, 0) is 14.4 Å². The third-order valence-corrected chi connectivity index (χ3v) is 7.91. The summed E-state index contributed by atoms with van der Waals surface area (Å²) >= 11 is 0. The van der Waals surface area contributed by atoms with Gasteiger partial charge in [-0.1, -0.05) is 31.0 Å². The lowest BCUT2D eigenvalue weighted by Gasteiger charge is -2.41. The molecule has 3 saturated heterocycles. The number of hydrazine groups is 1. The summed E-state index contributed by atoms with van der Waals surface area (Å²) in [5, 5.41) is 1.62. The van der Waals surface area contributed by atoms with E-state index < -0.39 is 0 Å². The zero-order chi connectivity index (χ0) is 22.9. The SMILES string of the molecule is CN1CC(C(=O)N2CCN(C(=O)CC3CCCC3)CC2)C2NN(c3ccccc3)C(=O)C2C1. The van der Waals surface area contributed by atoms with Gasteiger partial charge in [0, 0.05) is 45.7 Å². The molecule has 3 atom stereocenters. The molecule has 8 nitrogen and oxygen atoms in total. The summed E-state index contributed by atoms with van der Waals surface area (Å²) in [6.07, 6.45) is 5.50. The molecule has 0 radical (unpaired) electrons. The molecule has 0 spiro atoms. The average Bonchev–Trinajstić information content (AvgIpc) is 3.47. The maximum Gasteiger partial charge on any atom is 0.247 e. The van der Waals surface area contributed by atoms with Crippen LogP contribution in [0.2, 0.25) is 0 Å². The molecule has 4 fully saturated rings. The van der Waals surface area contributed by atoms with E-state index in [4.69, 9.17) is 0 Å². The standard InChI is InChI=1S/C25H35N5O3/c1-27-16-20(23-21(17-27)25(33)30(26-23)19-9-3-2-4-10-19)24(32)29-13-11-28(12-14-29)22(31)15-18-7-5-6-8-18/h2-4,9-10,18,20-21,23,26H,5-8,11-17H2,1H3. The Hall–Kier alpha value is -2.45. The van der Waals surface area contributed by atoms with Gasteiger partial charge in [-0.05, 0) is 37.9 Å². The van der Waals surface area contributed by atoms with Crippen LogP contribution in [-0.4, -0.2) is 84.8 Å². The molecule has 3 aliphatic heterocycles. The largest absolute Gasteiger partial charge is 0.339 e. The number of nitrogens with zero attached hydrogens (tertiary/aromatic N) is 4. The van der Waals surface area contributed by atoms with Crippen LogP contribution in [0.3, 0.4) is 0 Å². The number of amides is 3. The minimum absolute atomic E-state index is 0.0258. The maximum atomic E-state index is 13.6. The van der Waals surface area contributed by atoms with Gasteiger partial charge in [-0.15, -0.1) is 0 Å². The summed E-state index contributed by atoms with van der Waals surface area (Å²) in [5.41, 5.74) is 4.17. The Kier molecular flexibility index (Phi) is 6.38. The van der Waals surface area contributed by atoms with Crippen LogP contribution in [0, 0.1) is 17.8 Å². The van der Waals surface area contributed by atoms with E-state index in [9.17, 15) is 14.4 Å². The molecule has 3 heterocycles. The monoisotopic (exact) mass is 453 g/mol. The summed E-state index contributed by atoms with van der Waals surface area (Å²) in [5.74, 6) is 0.380. The molecule has 3 unspecified atom stereocenters. The first kappa shape index (κ1) is 22.3. The number of hydrogen-bond acceptors (Lipinski definition) is 5. The first-order valence-corrected chi connectivity index (χ1v) is 12.4. The van der Waals surface area contributed by atoms with E-state index in [2.05, 4.69) is 10.3 Å². The maximum absolute atomic E-state index is 13.6. The number of para-hydroxylation sites is 1. The molecule has 4 aliphatic rings. The Labute approximate surface area is 195 Å². The number of likely N-dealkylation sites (tertiary alicyclic amines) is 1. The van der Waals surface area contributed by atoms with E-state index >= 15 is 0 Å². The average molecular weight is 454 g/mol. The van der Waals surface area contributed by atoms with E-state index in [1.807, 2.05) is 47.2 Å². The molecule has 1 N–H and O–H groups in total. The lowest BCUT2D eigenvalue weighted by atomic mass is 9.84. The highest BCUT2D eigenvalue weighted by atomic mass is 16.2. The summed E-state index contributed by atoms with van der Waals surface area (Å²) in [7, 11) is 1.98. The number of piperazine rings is 1. The van der Waals surface area contributed by atoms with Crippen molar-refractivity contribution in [2.45, 2.75) is 38.1 Å². The molecule has 5 rings (SSSR count). The summed E-state index contributed by atoms with van der Waals surface area (Å²) in [6, 6.07) is 9.36. The number of piperidine rings is 1. The van der Waals surface area contributed by atoms with Crippen LogP contribution < -0.4 is 10.4 Å². The molecule has 3 amide bonds. The van der Waals surface area contributed by atoms with Gasteiger partial charge in [0.15, 0.2) is 0 Å². The molecule has 1 aromatic carbocycles. The fourth-order valence-electron chi connectivity index (χ4n) is 6.06. The van der Waals surface area contributed by atoms with Crippen molar-refractivity contribution in [2.24, 2.45) is 17.8 Å². The number of rotatable bonds is 4. The minimum atomic E-state index is -0.285. The Balaban J connectivity index is 1.22. The molecule has 0 aromatic heterocycles. The zero-order valence-electron chi connectivity index (χ0n) is 19.5. The second kappa shape index (κ2) is 9.43. The predicted molar refractivity (Wildman–Crippen MR) is 125 cm³/mol. The van der Waals surface area contributed by atoms with Crippen molar-refractivity contribution in [3.63, 3.8) is 0 Å². The van der Waals surface area contributed by atoms with Crippen LogP contribution in [0.5, 0.6) is 0 Å². The minimum Gasteiger partial charge on any atom is -0.339 e. The van der Waals surface area contributed by atoms with Gasteiger partial charge in [0.2, 0.25) is 17.7 Å². The highest BCUT2D eigenvalue weighted by molar-refractivity contribution is 5.98. The fourth-order valence-corrected chi connectivity index (χ4v) is 6.06. The molecule has 33 heavy (non-hydrogen) atoms. The quantitative estimate of drug-likeness (QED) is 0.745. The summed E-state index contributed by atoms with van der Waals surface area (Å²) < 4.78 is 0. The molecule has 1 aromatic rings. The molecule has 0 bridgehead atoms. The topological polar surface area (TPSA) is 76.2 Å². The first-order valence-electron chi connectivity index (χ1n) is 12.4. The molecule has 8 heteroatoms. The van der Waals surface area contributed by atoms with Gasteiger partial charge >= 0.3 is 0 Å². The highest BCUT2D eigenvalue weighted by Gasteiger charge is 2.51. The first-order chi connectivity index (χ1) is 16.0. The predicted octanol–water partition coefficient (Wildman–Crippen LogP) is 1.34. The van der Waals surface area contributed by atoms with Crippen molar-refractivity contribution < 1.29 is 14.4 Å². The molecular formula is C25H35N5O3. The Morgan fingerprint density at radius 1 is 0.970 bits per heavy atom. The van der Waals surface area contributed by atoms with Crippen molar-refractivity contribution in [1.82, 2.24) is 20.1 Å². The van der Waals surface area contributed by atoms with Crippen LogP contribution in [0.25, 0.3) is 0 Å². The van der Waals surface area contributed by atoms with E-state index in [1.54, 1.807) is 5.01 Å². The number of hydrogen-bond donors (Lipinski definition) is 1. The number of carbonyl (C=O) groups is 3. The second-order valence-electron chi connectivity index (χ2n) is 10.2. The third kappa shape index (κ3) is 4.51. The Morgan fingerprint density at radius 3 is 2.33 bits per heavy atom. The van der Waals surface area contributed by atoms with Gasteiger partial charge in [0.25, 0.3) is 0 Å². The summed E-state index contributed by atoms with van der Waals surface area (Å²) in [6.45, 7) is 3.63. The van der Waals surface area contributed by atoms with Gasteiger partial charge < -0.3 is 14.7 Å². The van der Waals surface area contributed by atoms with Gasteiger partial charge in [-0.25, -0.2) is 10.4 Å². The van der Waals surface area contributed by atoms with Crippen LogP contribution in [0.4, 0.5) is 5.69 Å². The number of nitrogens with one attached hydrogen (secondary N) is 1. The lowest BCUT2D eigenvalue weighted by molar-refractivity contribution is -0.145. The van der Waals surface area contributed by atoms with E-state index in [-0.39, 0.29) is 35.6 Å². The van der Waals surface area contributed by atoms with Gasteiger partial charge in [0.05, 0.1) is 23.6 Å². The van der Waals surface area contributed by atoms with E-state index in [1.165, 1.54) is 25.7 Å². The Morgan fingerprint density at radius 2 is 1.64 bits per heavy atom. The van der Waals surface area contributed by atoms with Gasteiger partial charge in [0.1, 0.15) is 0 Å². The van der Waals surface area contributed by atoms with Crippen molar-refractivity contribution in [1.29, 1.82) is 0 Å². The van der Waals surface area contributed by atoms with Crippen LogP contribution >= 0.6 is 0 Å². The number of carbonyl (C=O) groups excluding carboxylic acids is 3. The molecular weight excluding hydrogens is 418 g/mol. The van der Waals surface area contributed by atoms with Crippen LogP contribution in [0.1, 0.15) is 32.1 Å². The molecule has 178 valence electrons. The molecule has 1 aliphatic carbocycles.